The number of aryl methyl sites for hydroxylation is 2. The minimum atomic E-state index is -0.798. The number of anilines is 2. The molecule has 2 N–H and O–H groups in total. The van der Waals surface area contributed by atoms with E-state index >= 15 is 0 Å². The predicted molar refractivity (Wildman–Crippen MR) is 77.5 cm³/mol. The number of carbonyl (C=O) groups is 1. The smallest absolute Gasteiger partial charge is 0.303 e. The summed E-state index contributed by atoms with van der Waals surface area (Å²) in [6, 6.07) is 7.42. The highest BCUT2D eigenvalue weighted by Gasteiger charge is 2.10. The zero-order chi connectivity index (χ0) is 13.8. The fraction of sp³-hybridized carbons (Fsp3) is 0.231. The minimum absolute atomic E-state index is 0.120. The lowest BCUT2D eigenvalue weighted by molar-refractivity contribution is -0.136. The molecule has 0 spiro atoms. The number of rotatable bonds is 5. The normalized spacial score (nSPS) is 10.4. The quantitative estimate of drug-likeness (QED) is 0.879. The Bertz CT molecular complexity index is 598. The monoisotopic (exact) mass is 296 g/mol. The molecule has 0 aliphatic rings. The van der Waals surface area contributed by atoms with Gasteiger partial charge in [-0.25, -0.2) is 4.98 Å². The van der Waals surface area contributed by atoms with Gasteiger partial charge < -0.3 is 10.4 Å². The zero-order valence-electron chi connectivity index (χ0n) is 10.3. The molecule has 4 nitrogen and oxygen atoms in total. The van der Waals surface area contributed by atoms with Crippen molar-refractivity contribution in [2.24, 2.45) is 0 Å². The van der Waals surface area contributed by atoms with Crippen molar-refractivity contribution >= 4 is 39.7 Å². The third-order valence-electron chi connectivity index (χ3n) is 2.57. The Hall–Kier alpha value is -1.59. The summed E-state index contributed by atoms with van der Waals surface area (Å²) >= 11 is 7.52. The maximum Gasteiger partial charge on any atom is 0.303 e. The van der Waals surface area contributed by atoms with Crippen LogP contribution in [0.1, 0.15) is 17.0 Å². The van der Waals surface area contributed by atoms with Gasteiger partial charge in [0.1, 0.15) is 0 Å². The van der Waals surface area contributed by atoms with Crippen molar-refractivity contribution in [2.75, 3.05) is 5.32 Å². The highest BCUT2D eigenvalue weighted by Crippen LogP contribution is 2.29. The Balaban J connectivity index is 2.12. The van der Waals surface area contributed by atoms with Gasteiger partial charge in [0.2, 0.25) is 0 Å². The molecule has 0 amide bonds. The molecule has 0 atom stereocenters. The number of hydrogen-bond donors (Lipinski definition) is 2. The molecule has 0 bridgehead atoms. The largest absolute Gasteiger partial charge is 0.481 e. The number of benzene rings is 1. The van der Waals surface area contributed by atoms with Gasteiger partial charge in [-0.1, -0.05) is 23.7 Å². The van der Waals surface area contributed by atoms with Gasteiger partial charge in [-0.15, -0.1) is 11.3 Å². The van der Waals surface area contributed by atoms with Crippen LogP contribution < -0.4 is 5.32 Å². The second kappa shape index (κ2) is 6.04. The van der Waals surface area contributed by atoms with Crippen LogP contribution in [0.25, 0.3) is 0 Å². The van der Waals surface area contributed by atoms with E-state index in [9.17, 15) is 4.79 Å². The number of aromatic nitrogens is 1. The average Bonchev–Trinajstić information content (AvgIpc) is 2.70. The number of para-hydroxylation sites is 1. The summed E-state index contributed by atoms with van der Waals surface area (Å²) in [6.45, 7) is 1.88. The Labute approximate surface area is 120 Å². The first-order valence-electron chi connectivity index (χ1n) is 5.76. The molecule has 0 aliphatic carbocycles. The highest BCUT2D eigenvalue weighted by molar-refractivity contribution is 7.15. The van der Waals surface area contributed by atoms with E-state index in [4.69, 9.17) is 16.7 Å². The highest BCUT2D eigenvalue weighted by atomic mass is 35.5. The fourth-order valence-corrected chi connectivity index (χ4v) is 2.77. The predicted octanol–water partition coefficient (Wildman–Crippen LogP) is 3.87. The van der Waals surface area contributed by atoms with Gasteiger partial charge in [0.05, 0.1) is 22.8 Å². The number of carboxylic acids is 1. The first-order chi connectivity index (χ1) is 9.06. The van der Waals surface area contributed by atoms with Crippen LogP contribution in [0, 0.1) is 6.92 Å². The summed E-state index contributed by atoms with van der Waals surface area (Å²) in [6.07, 6.45) is 0.623. The topological polar surface area (TPSA) is 62.2 Å². The SMILES string of the molecule is Cc1nc(Nc2ccccc2Cl)sc1CCC(=O)O. The zero-order valence-corrected chi connectivity index (χ0v) is 11.9. The van der Waals surface area contributed by atoms with E-state index in [-0.39, 0.29) is 6.42 Å². The second-order valence-electron chi connectivity index (χ2n) is 4.03. The summed E-state index contributed by atoms with van der Waals surface area (Å²) in [4.78, 5) is 15.9. The van der Waals surface area contributed by atoms with E-state index < -0.39 is 5.97 Å². The van der Waals surface area contributed by atoms with E-state index in [1.54, 1.807) is 6.07 Å². The molecule has 0 radical (unpaired) electrons. The summed E-state index contributed by atoms with van der Waals surface area (Å²) in [7, 11) is 0. The molecule has 0 saturated heterocycles. The van der Waals surface area contributed by atoms with E-state index in [0.29, 0.717) is 11.4 Å². The third kappa shape index (κ3) is 3.68. The van der Waals surface area contributed by atoms with Crippen molar-refractivity contribution in [1.82, 2.24) is 4.98 Å². The molecule has 0 fully saturated rings. The lowest BCUT2D eigenvalue weighted by atomic mass is 10.2. The number of hydrogen-bond acceptors (Lipinski definition) is 4. The second-order valence-corrected chi connectivity index (χ2v) is 5.52. The molecular weight excluding hydrogens is 284 g/mol. The van der Waals surface area contributed by atoms with Crippen molar-refractivity contribution in [2.45, 2.75) is 19.8 Å². The van der Waals surface area contributed by atoms with Crippen LogP contribution in [0.3, 0.4) is 0 Å². The summed E-state index contributed by atoms with van der Waals surface area (Å²) in [5, 5.41) is 13.2. The van der Waals surface area contributed by atoms with Crippen molar-refractivity contribution in [3.63, 3.8) is 0 Å². The Kier molecular flexibility index (Phi) is 4.39. The molecule has 0 aliphatic heterocycles. The molecule has 0 unspecified atom stereocenters. The molecule has 1 aromatic heterocycles. The molecule has 2 aromatic rings. The molecule has 0 saturated carbocycles. The Morgan fingerprint density at radius 3 is 2.89 bits per heavy atom. The molecule has 19 heavy (non-hydrogen) atoms. The van der Waals surface area contributed by atoms with Crippen molar-refractivity contribution < 1.29 is 9.90 Å². The van der Waals surface area contributed by atoms with Crippen LogP contribution in [-0.2, 0) is 11.2 Å². The number of thiazole rings is 1. The van der Waals surface area contributed by atoms with Crippen LogP contribution in [-0.4, -0.2) is 16.1 Å². The Morgan fingerprint density at radius 1 is 1.47 bits per heavy atom. The first kappa shape index (κ1) is 13.8. The maximum absolute atomic E-state index is 10.6. The van der Waals surface area contributed by atoms with Gasteiger partial charge in [0, 0.05) is 4.88 Å². The first-order valence-corrected chi connectivity index (χ1v) is 6.95. The van der Waals surface area contributed by atoms with Gasteiger partial charge >= 0.3 is 5.97 Å². The molecule has 2 rings (SSSR count). The van der Waals surface area contributed by atoms with Gasteiger partial charge in [0.25, 0.3) is 0 Å². The van der Waals surface area contributed by atoms with E-state index in [2.05, 4.69) is 10.3 Å². The fourth-order valence-electron chi connectivity index (χ4n) is 1.61. The van der Waals surface area contributed by atoms with Gasteiger partial charge in [-0.2, -0.15) is 0 Å². The van der Waals surface area contributed by atoms with E-state index in [0.717, 1.165) is 21.4 Å². The third-order valence-corrected chi connectivity index (χ3v) is 4.04. The van der Waals surface area contributed by atoms with Crippen LogP contribution in [0.15, 0.2) is 24.3 Å². The molecule has 1 aromatic carbocycles. The molecule has 1 heterocycles. The number of carboxylic acid groups (broad SMARTS) is 1. The molecule has 6 heteroatoms. The van der Waals surface area contributed by atoms with Crippen LogP contribution in [0.2, 0.25) is 5.02 Å². The van der Waals surface area contributed by atoms with Crippen molar-refractivity contribution in [1.29, 1.82) is 0 Å². The van der Waals surface area contributed by atoms with Gasteiger partial charge in [-0.3, -0.25) is 4.79 Å². The average molecular weight is 297 g/mol. The van der Waals surface area contributed by atoms with Gasteiger partial charge in [0.15, 0.2) is 5.13 Å². The van der Waals surface area contributed by atoms with Gasteiger partial charge in [-0.05, 0) is 25.5 Å². The van der Waals surface area contributed by atoms with Crippen LogP contribution in [0.5, 0.6) is 0 Å². The standard InChI is InChI=1S/C13H13ClN2O2S/c1-8-11(6-7-12(17)18)19-13(15-8)16-10-5-3-2-4-9(10)14/h2-5H,6-7H2,1H3,(H,15,16)(H,17,18). The number of nitrogens with zero attached hydrogens (tertiary/aromatic N) is 1. The van der Waals surface area contributed by atoms with E-state index in [1.165, 1.54) is 11.3 Å². The van der Waals surface area contributed by atoms with E-state index in [1.807, 2.05) is 25.1 Å². The van der Waals surface area contributed by atoms with Crippen molar-refractivity contribution in [3.05, 3.63) is 39.9 Å². The Morgan fingerprint density at radius 2 is 2.21 bits per heavy atom. The summed E-state index contributed by atoms with van der Waals surface area (Å²) in [5.41, 5.74) is 1.66. The van der Waals surface area contributed by atoms with Crippen LogP contribution in [0.4, 0.5) is 10.8 Å². The lowest BCUT2D eigenvalue weighted by Gasteiger charge is -2.03. The number of nitrogens with one attached hydrogen (secondary N) is 1. The molecule has 100 valence electrons. The molecular formula is C13H13ClN2O2S. The minimum Gasteiger partial charge on any atom is -0.481 e. The number of aliphatic carboxylic acids is 1. The van der Waals surface area contributed by atoms with Crippen molar-refractivity contribution in [3.8, 4) is 0 Å². The maximum atomic E-state index is 10.6. The van der Waals surface area contributed by atoms with Crippen LogP contribution >= 0.6 is 22.9 Å². The summed E-state index contributed by atoms with van der Waals surface area (Å²) < 4.78 is 0. The number of halogens is 1. The lowest BCUT2D eigenvalue weighted by Crippen LogP contribution is -1.96. The summed E-state index contributed by atoms with van der Waals surface area (Å²) in [5.74, 6) is -0.798.